The van der Waals surface area contributed by atoms with E-state index in [9.17, 15) is 4.79 Å². The first-order valence-corrected chi connectivity index (χ1v) is 9.79. The Balaban J connectivity index is 1.97. The summed E-state index contributed by atoms with van der Waals surface area (Å²) in [7, 11) is 0. The minimum atomic E-state index is -0.313. The molecule has 0 fully saturated rings. The third-order valence-electron chi connectivity index (χ3n) is 4.15. The van der Waals surface area contributed by atoms with Gasteiger partial charge in [-0.1, -0.05) is 75.7 Å². The second kappa shape index (κ2) is 7.14. The van der Waals surface area contributed by atoms with E-state index in [4.69, 9.17) is 4.42 Å². The number of benzene rings is 3. The molecule has 0 radical (unpaired) electrons. The molecule has 3 aromatic carbocycles. The van der Waals surface area contributed by atoms with Gasteiger partial charge in [-0.05, 0) is 42.8 Å². The summed E-state index contributed by atoms with van der Waals surface area (Å²) in [6.07, 6.45) is 0. The van der Waals surface area contributed by atoms with Crippen molar-refractivity contribution in [1.82, 2.24) is 0 Å². The summed E-state index contributed by atoms with van der Waals surface area (Å²) in [5.74, 6) is 0. The zero-order valence-electron chi connectivity index (χ0n) is 14.0. The molecule has 0 N–H and O–H groups in total. The molecule has 2 nitrogen and oxygen atoms in total. The second-order valence-electron chi connectivity index (χ2n) is 6.01. The summed E-state index contributed by atoms with van der Waals surface area (Å²) in [4.78, 5) is 14.4. The van der Waals surface area contributed by atoms with E-state index in [0.717, 1.165) is 25.9 Å². The molecular weight excluding hydrogens is 408 g/mol. The van der Waals surface area contributed by atoms with Gasteiger partial charge in [0.25, 0.3) is 0 Å². The summed E-state index contributed by atoms with van der Waals surface area (Å²) >= 11 is 4.92. The molecule has 4 heteroatoms. The summed E-state index contributed by atoms with van der Waals surface area (Å²) in [6, 6.07) is 23.8. The standard InChI is InChI=1S/C22H15BrO2S/c1-14-6-12-17(13-7-14)26-21-20(15-8-10-16(23)11-9-15)18-4-2-3-5-19(18)25-22(21)24/h2-13H,1H3. The molecule has 1 aromatic heterocycles. The van der Waals surface area contributed by atoms with Crippen LogP contribution in [0, 0.1) is 6.92 Å². The van der Waals surface area contributed by atoms with Crippen molar-refractivity contribution in [2.45, 2.75) is 16.7 Å². The fraction of sp³-hybridized carbons (Fsp3) is 0.0455. The van der Waals surface area contributed by atoms with Crippen LogP contribution in [0.1, 0.15) is 5.56 Å². The molecule has 0 spiro atoms. The number of aryl methyl sites for hydroxylation is 1. The maximum absolute atomic E-state index is 12.8. The highest BCUT2D eigenvalue weighted by atomic mass is 79.9. The van der Waals surface area contributed by atoms with Gasteiger partial charge in [-0.25, -0.2) is 4.79 Å². The Hall–Kier alpha value is -2.30. The van der Waals surface area contributed by atoms with Crippen molar-refractivity contribution in [3.05, 3.63) is 93.3 Å². The van der Waals surface area contributed by atoms with Crippen molar-refractivity contribution in [2.75, 3.05) is 0 Å². The molecule has 0 bridgehead atoms. The highest BCUT2D eigenvalue weighted by molar-refractivity contribution is 9.10. The molecule has 0 aliphatic carbocycles. The predicted octanol–water partition coefficient (Wildman–Crippen LogP) is 6.68. The Morgan fingerprint density at radius 2 is 1.58 bits per heavy atom. The molecule has 0 amide bonds. The van der Waals surface area contributed by atoms with E-state index in [2.05, 4.69) is 15.9 Å². The Morgan fingerprint density at radius 3 is 2.31 bits per heavy atom. The first-order valence-electron chi connectivity index (χ1n) is 8.18. The van der Waals surface area contributed by atoms with E-state index in [1.165, 1.54) is 17.3 Å². The van der Waals surface area contributed by atoms with Gasteiger partial charge >= 0.3 is 5.63 Å². The predicted molar refractivity (Wildman–Crippen MR) is 111 cm³/mol. The Bertz CT molecular complexity index is 1130. The van der Waals surface area contributed by atoms with Crippen LogP contribution in [-0.2, 0) is 0 Å². The molecule has 1 heterocycles. The lowest BCUT2D eigenvalue weighted by Gasteiger charge is -2.12. The first-order chi connectivity index (χ1) is 12.6. The molecule has 0 unspecified atom stereocenters. The molecule has 4 rings (SSSR count). The van der Waals surface area contributed by atoms with Crippen LogP contribution in [0.2, 0.25) is 0 Å². The minimum Gasteiger partial charge on any atom is -0.422 e. The van der Waals surface area contributed by atoms with Crippen molar-refractivity contribution < 1.29 is 4.42 Å². The lowest BCUT2D eigenvalue weighted by Crippen LogP contribution is -2.05. The van der Waals surface area contributed by atoms with Crippen LogP contribution in [-0.4, -0.2) is 0 Å². The third kappa shape index (κ3) is 3.35. The van der Waals surface area contributed by atoms with Gasteiger partial charge in [0.1, 0.15) is 10.5 Å². The number of hydrogen-bond donors (Lipinski definition) is 0. The van der Waals surface area contributed by atoms with Crippen molar-refractivity contribution in [3.63, 3.8) is 0 Å². The van der Waals surface area contributed by atoms with Crippen LogP contribution in [0.4, 0.5) is 0 Å². The number of halogens is 1. The average Bonchev–Trinajstić information content (AvgIpc) is 2.65. The van der Waals surface area contributed by atoms with Gasteiger partial charge in [-0.15, -0.1) is 0 Å². The summed E-state index contributed by atoms with van der Waals surface area (Å²) in [5.41, 5.74) is 3.38. The van der Waals surface area contributed by atoms with Crippen molar-refractivity contribution >= 4 is 38.7 Å². The van der Waals surface area contributed by atoms with Crippen molar-refractivity contribution in [1.29, 1.82) is 0 Å². The number of rotatable bonds is 3. The van der Waals surface area contributed by atoms with E-state index in [0.29, 0.717) is 10.5 Å². The Kier molecular flexibility index (Phi) is 4.70. The maximum Gasteiger partial charge on any atom is 0.351 e. The lowest BCUT2D eigenvalue weighted by molar-refractivity contribution is 0.545. The normalized spacial score (nSPS) is 11.0. The SMILES string of the molecule is Cc1ccc(Sc2c(-c3ccc(Br)cc3)c3ccccc3oc2=O)cc1. The van der Waals surface area contributed by atoms with Crippen LogP contribution in [0.5, 0.6) is 0 Å². The first kappa shape index (κ1) is 17.1. The fourth-order valence-electron chi connectivity index (χ4n) is 2.85. The fourth-order valence-corrected chi connectivity index (χ4v) is 4.08. The van der Waals surface area contributed by atoms with Crippen LogP contribution >= 0.6 is 27.7 Å². The molecule has 0 saturated carbocycles. The molecule has 128 valence electrons. The number of hydrogen-bond acceptors (Lipinski definition) is 3. The van der Waals surface area contributed by atoms with Crippen LogP contribution in [0.3, 0.4) is 0 Å². The summed E-state index contributed by atoms with van der Waals surface area (Å²) < 4.78 is 6.59. The number of fused-ring (bicyclic) bond motifs is 1. The Morgan fingerprint density at radius 1 is 0.885 bits per heavy atom. The minimum absolute atomic E-state index is 0.313. The molecule has 0 saturated heterocycles. The van der Waals surface area contributed by atoms with Gasteiger partial charge in [0.15, 0.2) is 0 Å². The smallest absolute Gasteiger partial charge is 0.351 e. The van der Waals surface area contributed by atoms with E-state index in [1.807, 2.05) is 79.7 Å². The molecule has 4 aromatic rings. The summed E-state index contributed by atoms with van der Waals surface area (Å²) in [6.45, 7) is 2.05. The number of para-hydroxylation sites is 1. The summed E-state index contributed by atoms with van der Waals surface area (Å²) in [5, 5.41) is 0.934. The van der Waals surface area contributed by atoms with Crippen LogP contribution in [0.25, 0.3) is 22.1 Å². The zero-order chi connectivity index (χ0) is 18.1. The van der Waals surface area contributed by atoms with E-state index in [1.54, 1.807) is 0 Å². The highest BCUT2D eigenvalue weighted by Crippen LogP contribution is 2.38. The maximum atomic E-state index is 12.8. The lowest BCUT2D eigenvalue weighted by atomic mass is 10.0. The highest BCUT2D eigenvalue weighted by Gasteiger charge is 2.17. The Labute approximate surface area is 164 Å². The van der Waals surface area contributed by atoms with E-state index in [-0.39, 0.29) is 5.63 Å². The largest absolute Gasteiger partial charge is 0.422 e. The van der Waals surface area contributed by atoms with Crippen LogP contribution in [0.15, 0.2) is 96.3 Å². The van der Waals surface area contributed by atoms with Gasteiger partial charge in [-0.3, -0.25) is 0 Å². The van der Waals surface area contributed by atoms with Crippen molar-refractivity contribution in [2.24, 2.45) is 0 Å². The van der Waals surface area contributed by atoms with E-state index < -0.39 is 0 Å². The topological polar surface area (TPSA) is 30.2 Å². The monoisotopic (exact) mass is 422 g/mol. The van der Waals surface area contributed by atoms with Gasteiger partial charge in [-0.2, -0.15) is 0 Å². The van der Waals surface area contributed by atoms with E-state index >= 15 is 0 Å². The third-order valence-corrected chi connectivity index (χ3v) is 5.76. The van der Waals surface area contributed by atoms with Gasteiger partial charge in [0, 0.05) is 20.3 Å². The zero-order valence-corrected chi connectivity index (χ0v) is 16.4. The molecule has 0 aliphatic rings. The van der Waals surface area contributed by atoms with Gasteiger partial charge in [0.05, 0.1) is 0 Å². The van der Waals surface area contributed by atoms with Crippen LogP contribution < -0.4 is 5.63 Å². The molecular formula is C22H15BrO2S. The molecule has 26 heavy (non-hydrogen) atoms. The van der Waals surface area contributed by atoms with Gasteiger partial charge < -0.3 is 4.42 Å². The molecule has 0 aliphatic heterocycles. The molecule has 0 atom stereocenters. The quantitative estimate of drug-likeness (QED) is 0.344. The second-order valence-corrected chi connectivity index (χ2v) is 8.01. The van der Waals surface area contributed by atoms with Gasteiger partial charge in [0.2, 0.25) is 0 Å². The average molecular weight is 423 g/mol. The van der Waals surface area contributed by atoms with Crippen molar-refractivity contribution in [3.8, 4) is 11.1 Å².